The lowest BCUT2D eigenvalue weighted by Crippen LogP contribution is -2.04. The summed E-state index contributed by atoms with van der Waals surface area (Å²) >= 11 is 2.15. The van der Waals surface area contributed by atoms with Crippen molar-refractivity contribution in [3.8, 4) is 11.5 Å². The third kappa shape index (κ3) is 5.80. The lowest BCUT2D eigenvalue weighted by atomic mass is 10.2. The molecular weight excluding hydrogens is 453 g/mol. The van der Waals surface area contributed by atoms with E-state index in [-0.39, 0.29) is 5.97 Å². The molecule has 0 amide bonds. The van der Waals surface area contributed by atoms with Crippen LogP contribution in [0.1, 0.15) is 20.7 Å². The van der Waals surface area contributed by atoms with Crippen molar-refractivity contribution in [2.75, 3.05) is 34.2 Å². The number of hydrogen-bond acceptors (Lipinski definition) is 7. The van der Waals surface area contributed by atoms with Crippen LogP contribution < -0.4 is 15.2 Å². The SMILES string of the molecule is COC(=O)c1ccc(I)cc1OC.COC(=O)c1ccc(N)cc1OC. The quantitative estimate of drug-likeness (QED) is 0.414. The van der Waals surface area contributed by atoms with Gasteiger partial charge in [-0.3, -0.25) is 0 Å². The zero-order chi connectivity index (χ0) is 19.7. The van der Waals surface area contributed by atoms with E-state index in [2.05, 4.69) is 32.1 Å². The monoisotopic (exact) mass is 473 g/mol. The summed E-state index contributed by atoms with van der Waals surface area (Å²) in [5.41, 5.74) is 6.88. The predicted octanol–water partition coefficient (Wildman–Crippen LogP) is 3.15. The molecule has 8 heteroatoms. The predicted molar refractivity (Wildman–Crippen MR) is 106 cm³/mol. The highest BCUT2D eigenvalue weighted by atomic mass is 127. The minimum absolute atomic E-state index is 0.374. The van der Waals surface area contributed by atoms with Crippen molar-refractivity contribution in [3.63, 3.8) is 0 Å². The summed E-state index contributed by atoms with van der Waals surface area (Å²) in [5, 5.41) is 0. The molecule has 0 spiro atoms. The second kappa shape index (κ2) is 10.5. The summed E-state index contributed by atoms with van der Waals surface area (Å²) in [7, 11) is 5.66. The van der Waals surface area contributed by atoms with E-state index >= 15 is 0 Å². The zero-order valence-electron chi connectivity index (χ0n) is 14.9. The standard InChI is InChI=1S/C9H9IO3.C9H11NO3/c2*1-12-8-5-6(10)3-4-7(8)9(11)13-2/h3-5H,1-2H3;3-5H,10H2,1-2H3. The van der Waals surface area contributed by atoms with Crippen LogP contribution >= 0.6 is 22.6 Å². The van der Waals surface area contributed by atoms with Crippen LogP contribution in [0.15, 0.2) is 36.4 Å². The van der Waals surface area contributed by atoms with Crippen LogP contribution in [0, 0.1) is 3.57 Å². The largest absolute Gasteiger partial charge is 0.496 e. The van der Waals surface area contributed by atoms with Crippen LogP contribution in [0.2, 0.25) is 0 Å². The number of ether oxygens (including phenoxy) is 4. The molecule has 2 rings (SSSR count). The number of nitrogens with two attached hydrogens (primary N) is 1. The van der Waals surface area contributed by atoms with E-state index in [1.165, 1.54) is 28.4 Å². The Kier molecular flexibility index (Phi) is 8.70. The van der Waals surface area contributed by atoms with Gasteiger partial charge in [0.05, 0.1) is 28.4 Å². The molecule has 0 aliphatic rings. The summed E-state index contributed by atoms with van der Waals surface area (Å²) < 4.78 is 20.2. The molecule has 0 unspecified atom stereocenters. The first-order chi connectivity index (χ1) is 12.4. The van der Waals surface area contributed by atoms with Gasteiger partial charge in [-0.15, -0.1) is 0 Å². The Morgan fingerprint density at radius 3 is 1.73 bits per heavy atom. The number of nitrogen functional groups attached to an aromatic ring is 1. The fourth-order valence-electron chi connectivity index (χ4n) is 1.93. The van der Waals surface area contributed by atoms with Gasteiger partial charge in [0, 0.05) is 15.3 Å². The Morgan fingerprint density at radius 1 is 0.808 bits per heavy atom. The van der Waals surface area contributed by atoms with E-state index in [1.54, 1.807) is 30.3 Å². The van der Waals surface area contributed by atoms with Gasteiger partial charge in [-0.1, -0.05) is 0 Å². The molecule has 26 heavy (non-hydrogen) atoms. The minimum atomic E-state index is -0.433. The molecule has 2 aromatic rings. The summed E-state index contributed by atoms with van der Waals surface area (Å²) in [6.45, 7) is 0. The van der Waals surface area contributed by atoms with Gasteiger partial charge >= 0.3 is 11.9 Å². The third-order valence-corrected chi connectivity index (χ3v) is 3.87. The van der Waals surface area contributed by atoms with Gasteiger partial charge < -0.3 is 24.7 Å². The molecule has 0 aromatic heterocycles. The molecule has 0 aliphatic heterocycles. The number of halogens is 1. The van der Waals surface area contributed by atoms with Crippen LogP contribution in [0.25, 0.3) is 0 Å². The van der Waals surface area contributed by atoms with Gasteiger partial charge in [0.15, 0.2) is 0 Å². The van der Waals surface area contributed by atoms with Crippen molar-refractivity contribution in [3.05, 3.63) is 51.1 Å². The van der Waals surface area contributed by atoms with Crippen LogP contribution in [-0.2, 0) is 9.47 Å². The van der Waals surface area contributed by atoms with Gasteiger partial charge in [-0.2, -0.15) is 0 Å². The molecule has 7 nitrogen and oxygen atoms in total. The topological polar surface area (TPSA) is 97.1 Å². The molecule has 2 aromatic carbocycles. The van der Waals surface area contributed by atoms with Crippen molar-refractivity contribution in [1.82, 2.24) is 0 Å². The minimum Gasteiger partial charge on any atom is -0.496 e. The second-order valence-electron chi connectivity index (χ2n) is 4.79. The number of carbonyl (C=O) groups excluding carboxylic acids is 2. The summed E-state index contributed by atoms with van der Waals surface area (Å²) in [5.74, 6) is 0.149. The Morgan fingerprint density at radius 2 is 1.27 bits per heavy atom. The Hall–Kier alpha value is -2.49. The highest BCUT2D eigenvalue weighted by Gasteiger charge is 2.12. The molecule has 0 fully saturated rings. The zero-order valence-corrected chi connectivity index (χ0v) is 17.0. The maximum Gasteiger partial charge on any atom is 0.341 e. The molecule has 0 bridgehead atoms. The molecule has 0 heterocycles. The first kappa shape index (κ1) is 21.6. The van der Waals surface area contributed by atoms with Crippen LogP contribution in [-0.4, -0.2) is 40.4 Å². The number of esters is 2. The molecule has 0 aliphatic carbocycles. The van der Waals surface area contributed by atoms with Crippen molar-refractivity contribution in [1.29, 1.82) is 0 Å². The number of hydrogen-bond donors (Lipinski definition) is 1. The number of anilines is 1. The van der Waals surface area contributed by atoms with Gasteiger partial charge in [-0.25, -0.2) is 9.59 Å². The normalized spacial score (nSPS) is 9.42. The van der Waals surface area contributed by atoms with Gasteiger partial charge in [-0.05, 0) is 52.9 Å². The number of methoxy groups -OCH3 is 4. The Balaban J connectivity index is 0.000000260. The van der Waals surface area contributed by atoms with Gasteiger partial charge in [0.25, 0.3) is 0 Å². The number of rotatable bonds is 4. The van der Waals surface area contributed by atoms with Crippen LogP contribution in [0.4, 0.5) is 5.69 Å². The average Bonchev–Trinajstić information content (AvgIpc) is 2.66. The summed E-state index contributed by atoms with van der Waals surface area (Å²) in [6, 6.07) is 10.1. The van der Waals surface area contributed by atoms with Crippen molar-refractivity contribution in [2.45, 2.75) is 0 Å². The van der Waals surface area contributed by atoms with E-state index in [1.807, 2.05) is 6.07 Å². The molecule has 0 saturated heterocycles. The molecule has 2 N–H and O–H groups in total. The smallest absolute Gasteiger partial charge is 0.341 e. The first-order valence-corrected chi connectivity index (χ1v) is 8.39. The highest BCUT2D eigenvalue weighted by Crippen LogP contribution is 2.22. The summed E-state index contributed by atoms with van der Waals surface area (Å²) in [6.07, 6.45) is 0. The highest BCUT2D eigenvalue weighted by molar-refractivity contribution is 14.1. The Labute approximate surface area is 165 Å². The number of benzene rings is 2. The maximum absolute atomic E-state index is 11.2. The molecular formula is C18H20INO6. The third-order valence-electron chi connectivity index (χ3n) is 3.20. The maximum atomic E-state index is 11.2. The second-order valence-corrected chi connectivity index (χ2v) is 6.03. The van der Waals surface area contributed by atoms with E-state index in [0.717, 1.165) is 3.57 Å². The first-order valence-electron chi connectivity index (χ1n) is 7.31. The molecule has 0 radical (unpaired) electrons. The van der Waals surface area contributed by atoms with Crippen LogP contribution in [0.3, 0.4) is 0 Å². The van der Waals surface area contributed by atoms with E-state index in [0.29, 0.717) is 28.3 Å². The average molecular weight is 473 g/mol. The van der Waals surface area contributed by atoms with E-state index in [9.17, 15) is 9.59 Å². The van der Waals surface area contributed by atoms with E-state index in [4.69, 9.17) is 15.2 Å². The molecule has 0 atom stereocenters. The number of carbonyl (C=O) groups is 2. The lowest BCUT2D eigenvalue weighted by molar-refractivity contribution is 0.0588. The van der Waals surface area contributed by atoms with Crippen molar-refractivity contribution in [2.24, 2.45) is 0 Å². The van der Waals surface area contributed by atoms with Crippen LogP contribution in [0.5, 0.6) is 11.5 Å². The fourth-order valence-corrected chi connectivity index (χ4v) is 2.39. The Bertz CT molecular complexity index is 713. The van der Waals surface area contributed by atoms with Gasteiger partial charge in [0.1, 0.15) is 22.6 Å². The summed E-state index contributed by atoms with van der Waals surface area (Å²) in [4.78, 5) is 22.4. The fraction of sp³-hybridized carbons (Fsp3) is 0.222. The lowest BCUT2D eigenvalue weighted by Gasteiger charge is -2.06. The van der Waals surface area contributed by atoms with Crippen molar-refractivity contribution >= 4 is 40.2 Å². The van der Waals surface area contributed by atoms with Gasteiger partial charge in [0.2, 0.25) is 0 Å². The molecule has 140 valence electrons. The molecule has 0 saturated carbocycles. The van der Waals surface area contributed by atoms with Crippen molar-refractivity contribution < 1.29 is 28.5 Å². The van der Waals surface area contributed by atoms with E-state index < -0.39 is 5.97 Å².